The lowest BCUT2D eigenvalue weighted by molar-refractivity contribution is -0.139. The molecular formula is C19H28ClN3O3. The van der Waals surface area contributed by atoms with Crippen molar-refractivity contribution >= 4 is 29.9 Å². The molecule has 3 rings (SSSR count). The second-order valence-electron chi connectivity index (χ2n) is 7.09. The maximum absolute atomic E-state index is 12.9. The van der Waals surface area contributed by atoms with Crippen LogP contribution < -0.4 is 16.0 Å². The third-order valence-electron chi connectivity index (χ3n) is 5.41. The molecule has 0 spiro atoms. The van der Waals surface area contributed by atoms with Gasteiger partial charge in [0.05, 0.1) is 5.41 Å². The van der Waals surface area contributed by atoms with E-state index in [4.69, 9.17) is 10.5 Å². The van der Waals surface area contributed by atoms with Gasteiger partial charge in [-0.2, -0.15) is 0 Å². The van der Waals surface area contributed by atoms with Gasteiger partial charge < -0.3 is 20.7 Å². The van der Waals surface area contributed by atoms with Crippen molar-refractivity contribution in [2.45, 2.75) is 38.6 Å². The second kappa shape index (κ2) is 8.84. The standard InChI is InChI=1S/C19H27N3O3.ClH/c1-14-4-6-15(7-5-14)22-10-2-3-16(17(22)23)21-18(24)19(13-20)8-11-25-12-9-19;/h4-7,16H,2-3,8-13,20H2,1H3,(H,21,24);1H. The molecule has 2 amide bonds. The molecular weight excluding hydrogens is 354 g/mol. The van der Waals surface area contributed by atoms with Crippen LogP contribution in [0.3, 0.4) is 0 Å². The maximum atomic E-state index is 12.9. The minimum Gasteiger partial charge on any atom is -0.381 e. The highest BCUT2D eigenvalue weighted by Crippen LogP contribution is 2.30. The number of piperidine rings is 1. The first kappa shape index (κ1) is 20.7. The summed E-state index contributed by atoms with van der Waals surface area (Å²) >= 11 is 0. The van der Waals surface area contributed by atoms with Gasteiger partial charge in [-0.1, -0.05) is 17.7 Å². The van der Waals surface area contributed by atoms with Gasteiger partial charge in [0.2, 0.25) is 11.8 Å². The molecule has 1 aromatic carbocycles. The zero-order valence-corrected chi connectivity index (χ0v) is 16.0. The maximum Gasteiger partial charge on any atom is 0.249 e. The van der Waals surface area contributed by atoms with Gasteiger partial charge in [-0.05, 0) is 44.7 Å². The van der Waals surface area contributed by atoms with Crippen LogP contribution in [0.4, 0.5) is 5.69 Å². The van der Waals surface area contributed by atoms with Crippen molar-refractivity contribution in [3.63, 3.8) is 0 Å². The molecule has 1 atom stereocenters. The van der Waals surface area contributed by atoms with Crippen molar-refractivity contribution in [3.8, 4) is 0 Å². The summed E-state index contributed by atoms with van der Waals surface area (Å²) in [7, 11) is 0. The summed E-state index contributed by atoms with van der Waals surface area (Å²) in [5.41, 5.74) is 7.33. The van der Waals surface area contributed by atoms with Gasteiger partial charge >= 0.3 is 0 Å². The van der Waals surface area contributed by atoms with Crippen LogP contribution in [0, 0.1) is 12.3 Å². The Hall–Kier alpha value is -1.63. The number of benzene rings is 1. The number of nitrogens with one attached hydrogen (secondary N) is 1. The molecule has 0 aromatic heterocycles. The van der Waals surface area contributed by atoms with Crippen LogP contribution in [-0.4, -0.2) is 44.2 Å². The van der Waals surface area contributed by atoms with Crippen LogP contribution in [0.5, 0.6) is 0 Å². The number of carbonyl (C=O) groups excluding carboxylic acids is 2. The van der Waals surface area contributed by atoms with E-state index in [0.29, 0.717) is 39.0 Å². The fourth-order valence-electron chi connectivity index (χ4n) is 3.59. The Kier molecular flexibility index (Phi) is 7.03. The Morgan fingerprint density at radius 1 is 1.31 bits per heavy atom. The number of anilines is 1. The SMILES string of the molecule is Cc1ccc(N2CCCC(NC(=O)C3(CN)CCOCC3)C2=O)cc1.Cl. The predicted molar refractivity (Wildman–Crippen MR) is 103 cm³/mol. The Morgan fingerprint density at radius 2 is 1.96 bits per heavy atom. The van der Waals surface area contributed by atoms with Crippen LogP contribution in [-0.2, 0) is 14.3 Å². The summed E-state index contributed by atoms with van der Waals surface area (Å²) in [6.07, 6.45) is 2.75. The van der Waals surface area contributed by atoms with Crippen molar-refractivity contribution in [2.24, 2.45) is 11.1 Å². The van der Waals surface area contributed by atoms with E-state index in [0.717, 1.165) is 17.7 Å². The van der Waals surface area contributed by atoms with Crippen LogP contribution in [0.25, 0.3) is 0 Å². The highest BCUT2D eigenvalue weighted by atomic mass is 35.5. The quantitative estimate of drug-likeness (QED) is 0.832. The number of nitrogens with zero attached hydrogens (tertiary/aromatic N) is 1. The lowest BCUT2D eigenvalue weighted by atomic mass is 9.79. The molecule has 2 aliphatic rings. The predicted octanol–water partition coefficient (Wildman–Crippen LogP) is 1.78. The van der Waals surface area contributed by atoms with Gasteiger partial charge in [0.25, 0.3) is 0 Å². The summed E-state index contributed by atoms with van der Waals surface area (Å²) in [5.74, 6) is -0.148. The molecule has 7 heteroatoms. The lowest BCUT2D eigenvalue weighted by Crippen LogP contribution is -2.57. The van der Waals surface area contributed by atoms with E-state index >= 15 is 0 Å². The van der Waals surface area contributed by atoms with Crippen molar-refractivity contribution in [1.29, 1.82) is 0 Å². The lowest BCUT2D eigenvalue weighted by Gasteiger charge is -2.38. The molecule has 0 bridgehead atoms. The Balaban J connectivity index is 0.00000243. The van der Waals surface area contributed by atoms with E-state index in [-0.39, 0.29) is 30.8 Å². The topological polar surface area (TPSA) is 84.7 Å². The molecule has 0 radical (unpaired) electrons. The number of rotatable bonds is 4. The molecule has 2 fully saturated rings. The number of amides is 2. The van der Waals surface area contributed by atoms with E-state index in [9.17, 15) is 9.59 Å². The zero-order chi connectivity index (χ0) is 17.9. The highest BCUT2D eigenvalue weighted by Gasteiger charge is 2.41. The Morgan fingerprint density at radius 3 is 2.58 bits per heavy atom. The summed E-state index contributed by atoms with van der Waals surface area (Å²) in [6.45, 7) is 4.07. The molecule has 0 saturated carbocycles. The molecule has 2 heterocycles. The molecule has 6 nitrogen and oxygen atoms in total. The first-order valence-electron chi connectivity index (χ1n) is 9.02. The van der Waals surface area contributed by atoms with Gasteiger partial charge in [-0.25, -0.2) is 0 Å². The van der Waals surface area contributed by atoms with Crippen LogP contribution >= 0.6 is 12.4 Å². The molecule has 2 saturated heterocycles. The number of hydrogen-bond acceptors (Lipinski definition) is 4. The van der Waals surface area contributed by atoms with Gasteiger partial charge in [0, 0.05) is 32.0 Å². The van der Waals surface area contributed by atoms with Crippen molar-refractivity contribution in [1.82, 2.24) is 5.32 Å². The fraction of sp³-hybridized carbons (Fsp3) is 0.579. The Labute approximate surface area is 160 Å². The van der Waals surface area contributed by atoms with E-state index < -0.39 is 11.5 Å². The largest absolute Gasteiger partial charge is 0.381 e. The van der Waals surface area contributed by atoms with E-state index in [2.05, 4.69) is 5.32 Å². The van der Waals surface area contributed by atoms with Crippen molar-refractivity contribution in [3.05, 3.63) is 29.8 Å². The first-order chi connectivity index (χ1) is 12.1. The van der Waals surface area contributed by atoms with Crippen molar-refractivity contribution in [2.75, 3.05) is 31.2 Å². The monoisotopic (exact) mass is 381 g/mol. The minimum absolute atomic E-state index is 0. The first-order valence-corrected chi connectivity index (χ1v) is 9.02. The average molecular weight is 382 g/mol. The van der Waals surface area contributed by atoms with Gasteiger partial charge in [0.15, 0.2) is 0 Å². The summed E-state index contributed by atoms with van der Waals surface area (Å²) < 4.78 is 5.36. The summed E-state index contributed by atoms with van der Waals surface area (Å²) in [5, 5.41) is 2.98. The van der Waals surface area contributed by atoms with E-state index in [1.54, 1.807) is 4.90 Å². The average Bonchev–Trinajstić information content (AvgIpc) is 2.65. The normalized spacial score (nSPS) is 22.5. The number of hydrogen-bond donors (Lipinski definition) is 2. The molecule has 1 aromatic rings. The van der Waals surface area contributed by atoms with Crippen LogP contribution in [0.15, 0.2) is 24.3 Å². The number of halogens is 1. The number of ether oxygens (including phenoxy) is 1. The number of nitrogens with two attached hydrogens (primary N) is 1. The third kappa shape index (κ3) is 4.19. The fourth-order valence-corrected chi connectivity index (χ4v) is 3.59. The van der Waals surface area contributed by atoms with Gasteiger partial charge in [0.1, 0.15) is 6.04 Å². The van der Waals surface area contributed by atoms with Crippen LogP contribution in [0.1, 0.15) is 31.2 Å². The van der Waals surface area contributed by atoms with E-state index in [1.165, 1.54) is 0 Å². The molecule has 0 aliphatic carbocycles. The molecule has 2 aliphatic heterocycles. The summed E-state index contributed by atoms with van der Waals surface area (Å²) in [6, 6.07) is 7.43. The summed E-state index contributed by atoms with van der Waals surface area (Å²) in [4.78, 5) is 27.5. The zero-order valence-electron chi connectivity index (χ0n) is 15.2. The van der Waals surface area contributed by atoms with E-state index in [1.807, 2.05) is 31.2 Å². The second-order valence-corrected chi connectivity index (χ2v) is 7.09. The molecule has 3 N–H and O–H groups in total. The minimum atomic E-state index is -0.606. The van der Waals surface area contributed by atoms with Crippen LogP contribution in [0.2, 0.25) is 0 Å². The Bertz CT molecular complexity index is 629. The third-order valence-corrected chi connectivity index (χ3v) is 5.41. The number of carbonyl (C=O) groups is 2. The highest BCUT2D eigenvalue weighted by molar-refractivity contribution is 6.00. The van der Waals surface area contributed by atoms with Crippen molar-refractivity contribution < 1.29 is 14.3 Å². The van der Waals surface area contributed by atoms with Gasteiger partial charge in [-0.3, -0.25) is 9.59 Å². The molecule has 1 unspecified atom stereocenters. The smallest absolute Gasteiger partial charge is 0.249 e. The number of aryl methyl sites for hydroxylation is 1. The molecule has 144 valence electrons. The van der Waals surface area contributed by atoms with Gasteiger partial charge in [-0.15, -0.1) is 12.4 Å². The molecule has 26 heavy (non-hydrogen) atoms.